The van der Waals surface area contributed by atoms with Gasteiger partial charge >= 0.3 is 0 Å². The van der Waals surface area contributed by atoms with Crippen molar-refractivity contribution >= 4 is 115 Å². The van der Waals surface area contributed by atoms with Crippen molar-refractivity contribution in [3.8, 4) is 0 Å². The van der Waals surface area contributed by atoms with Crippen LogP contribution >= 0.6 is 0 Å². The van der Waals surface area contributed by atoms with E-state index in [0.29, 0.717) is 0 Å². The molecule has 0 saturated carbocycles. The zero-order valence-electron chi connectivity index (χ0n) is 38.1. The van der Waals surface area contributed by atoms with Gasteiger partial charge in [-0.3, -0.25) is 0 Å². The van der Waals surface area contributed by atoms with Crippen LogP contribution in [0.25, 0.3) is 98.1 Å². The topological polar surface area (TPSA) is 25.2 Å². The Morgan fingerprint density at radius 2 is 0.875 bits per heavy atom. The lowest BCUT2D eigenvalue weighted by Gasteiger charge is -2.25. The second kappa shape index (κ2) is 12.4. The van der Waals surface area contributed by atoms with Crippen LogP contribution in [0.3, 0.4) is 0 Å². The molecular formula is C60H51N3O. The van der Waals surface area contributed by atoms with Crippen LogP contribution in [0.2, 0.25) is 0 Å². The Kier molecular flexibility index (Phi) is 7.24. The minimum absolute atomic E-state index is 0.0175. The number of para-hydroxylation sites is 3. The first-order valence-electron chi connectivity index (χ1n) is 22.8. The zero-order valence-corrected chi connectivity index (χ0v) is 38.1. The van der Waals surface area contributed by atoms with E-state index in [2.05, 4.69) is 216 Å². The Morgan fingerprint density at radius 3 is 1.50 bits per heavy atom. The molecule has 13 aromatic rings. The molecule has 5 heterocycles. The van der Waals surface area contributed by atoms with E-state index < -0.39 is 0 Å². The highest BCUT2D eigenvalue weighted by atomic mass is 16.3. The van der Waals surface area contributed by atoms with Crippen molar-refractivity contribution in [2.24, 2.45) is 0 Å². The van der Waals surface area contributed by atoms with E-state index in [1.54, 1.807) is 0 Å². The number of hydrogen-bond acceptors (Lipinski definition) is 2. The summed E-state index contributed by atoms with van der Waals surface area (Å²) < 4.78 is 11.8. The van der Waals surface area contributed by atoms with Gasteiger partial charge in [-0.05, 0) is 118 Å². The zero-order chi connectivity index (χ0) is 43.8. The van der Waals surface area contributed by atoms with Crippen LogP contribution in [0, 0.1) is 0 Å². The van der Waals surface area contributed by atoms with Crippen molar-refractivity contribution in [1.82, 2.24) is 8.80 Å². The largest absolute Gasteiger partial charge is 0.454 e. The summed E-state index contributed by atoms with van der Waals surface area (Å²) in [5.41, 5.74) is 16.6. The van der Waals surface area contributed by atoms with Crippen LogP contribution in [0.1, 0.15) is 79.0 Å². The molecular weight excluding hydrogens is 779 g/mol. The number of benzene rings is 8. The molecule has 312 valence electrons. The van der Waals surface area contributed by atoms with Crippen LogP contribution in [0.5, 0.6) is 0 Å². The molecule has 4 nitrogen and oxygen atoms in total. The van der Waals surface area contributed by atoms with Gasteiger partial charge in [-0.25, -0.2) is 0 Å². The molecule has 0 saturated heterocycles. The van der Waals surface area contributed by atoms with Crippen molar-refractivity contribution in [3.63, 3.8) is 0 Å². The number of rotatable bonds is 3. The maximum Gasteiger partial charge on any atom is 0.159 e. The Morgan fingerprint density at radius 1 is 0.359 bits per heavy atom. The molecule has 0 amide bonds. The Labute approximate surface area is 372 Å². The third-order valence-corrected chi connectivity index (χ3v) is 14.4. The lowest BCUT2D eigenvalue weighted by Crippen LogP contribution is -2.11. The summed E-state index contributed by atoms with van der Waals surface area (Å²) in [7, 11) is 0. The van der Waals surface area contributed by atoms with Crippen LogP contribution in [0.15, 0.2) is 150 Å². The van der Waals surface area contributed by atoms with E-state index in [9.17, 15) is 0 Å². The van der Waals surface area contributed by atoms with E-state index >= 15 is 0 Å². The van der Waals surface area contributed by atoms with Crippen molar-refractivity contribution in [2.75, 3.05) is 4.90 Å². The van der Waals surface area contributed by atoms with Gasteiger partial charge in [0, 0.05) is 65.2 Å². The molecule has 13 rings (SSSR count). The second-order valence-electron chi connectivity index (χ2n) is 21.5. The summed E-state index contributed by atoms with van der Waals surface area (Å²) in [6.45, 7) is 21.0. The smallest absolute Gasteiger partial charge is 0.159 e. The van der Waals surface area contributed by atoms with Gasteiger partial charge in [-0.2, -0.15) is 0 Å². The first kappa shape index (κ1) is 37.5. The van der Waals surface area contributed by atoms with E-state index in [0.717, 1.165) is 39.0 Å². The average molecular weight is 830 g/mol. The molecule has 4 heteroatoms. The van der Waals surface area contributed by atoms with Gasteiger partial charge in [0.25, 0.3) is 0 Å². The molecule has 0 aliphatic carbocycles. The van der Waals surface area contributed by atoms with Crippen LogP contribution < -0.4 is 4.90 Å². The van der Waals surface area contributed by atoms with E-state index in [4.69, 9.17) is 4.42 Å². The van der Waals surface area contributed by atoms with Gasteiger partial charge < -0.3 is 18.1 Å². The quantitative estimate of drug-likeness (QED) is 0.177. The highest BCUT2D eigenvalue weighted by Gasteiger charge is 2.28. The number of aromatic nitrogens is 2. The second-order valence-corrected chi connectivity index (χ2v) is 21.5. The van der Waals surface area contributed by atoms with Crippen molar-refractivity contribution < 1.29 is 4.42 Å². The molecule has 0 fully saturated rings. The predicted octanol–water partition coefficient (Wildman–Crippen LogP) is 17.2. The Hall–Kier alpha value is -7.04. The first-order chi connectivity index (χ1) is 30.6. The van der Waals surface area contributed by atoms with Crippen LogP contribution in [-0.4, -0.2) is 8.80 Å². The van der Waals surface area contributed by atoms with Gasteiger partial charge in [0.05, 0.1) is 38.8 Å². The minimum Gasteiger partial charge on any atom is -0.454 e. The van der Waals surface area contributed by atoms with E-state index in [1.165, 1.54) is 92.9 Å². The lowest BCUT2D eigenvalue weighted by molar-refractivity contribution is 0.590. The fourth-order valence-corrected chi connectivity index (χ4v) is 11.0. The summed E-state index contributed by atoms with van der Waals surface area (Å²) in [4.78, 5) is 2.37. The Bertz CT molecular complexity index is 4060. The standard InChI is InChI=1S/C60H51N3O/c1-58(2,3)34-22-25-49-42(26-34)46-28-36(60(7,8)9)30-48-43-33-53-44(32-52(43)62(49)56(46)48)47-29-35(59(4,5)6)27-45-39-24-23-38(31-51(39)63(53)55(45)47)61(37-16-11-10-12-17-37)50-20-15-19-41-40-18-13-14-21-54(40)64-57(41)50/h10-33H,1-9H3. The number of hydrogen-bond donors (Lipinski definition) is 0. The van der Waals surface area contributed by atoms with Gasteiger partial charge in [0.2, 0.25) is 0 Å². The molecule has 5 aromatic heterocycles. The highest BCUT2D eigenvalue weighted by molar-refractivity contribution is 6.29. The molecule has 0 unspecified atom stereocenters. The van der Waals surface area contributed by atoms with Crippen molar-refractivity contribution in [3.05, 3.63) is 162 Å². The molecule has 0 N–H and O–H groups in total. The predicted molar refractivity (Wildman–Crippen MR) is 274 cm³/mol. The summed E-state index contributed by atoms with van der Waals surface area (Å²) >= 11 is 0. The van der Waals surface area contributed by atoms with Crippen molar-refractivity contribution in [2.45, 2.75) is 78.6 Å². The molecule has 0 radical (unpaired) electrons. The van der Waals surface area contributed by atoms with E-state index in [-0.39, 0.29) is 16.2 Å². The fourth-order valence-electron chi connectivity index (χ4n) is 11.0. The van der Waals surface area contributed by atoms with Gasteiger partial charge in [-0.1, -0.05) is 123 Å². The van der Waals surface area contributed by atoms with E-state index in [1.807, 2.05) is 6.07 Å². The average Bonchev–Trinajstić information content (AvgIpc) is 4.06. The van der Waals surface area contributed by atoms with Gasteiger partial charge in [0.1, 0.15) is 5.58 Å². The minimum atomic E-state index is -0.0406. The molecule has 0 aliphatic heterocycles. The SMILES string of the molecule is CC(C)(C)c1ccc2c(c1)c1cc(C(C)(C)C)cc3c4cc5c(cc4n2c13)c1cc(C(C)(C)C)cc2c3ccc(N(c4ccccc4)c4cccc6c4oc4ccccc46)cc3n5c21. The third kappa shape index (κ3) is 5.05. The summed E-state index contributed by atoms with van der Waals surface area (Å²) in [6, 6.07) is 54.8. The number of fused-ring (bicyclic) bond motifs is 15. The molecule has 8 aromatic carbocycles. The molecule has 64 heavy (non-hydrogen) atoms. The number of nitrogens with zero attached hydrogens (tertiary/aromatic N) is 3. The monoisotopic (exact) mass is 829 g/mol. The summed E-state index contributed by atoms with van der Waals surface area (Å²) in [6.07, 6.45) is 0. The lowest BCUT2D eigenvalue weighted by atomic mass is 9.84. The van der Waals surface area contributed by atoms with Gasteiger partial charge in [0.15, 0.2) is 5.58 Å². The highest BCUT2D eigenvalue weighted by Crippen LogP contribution is 2.49. The summed E-state index contributed by atoms with van der Waals surface area (Å²) in [5.74, 6) is 0. The van der Waals surface area contributed by atoms with Gasteiger partial charge in [-0.15, -0.1) is 0 Å². The van der Waals surface area contributed by atoms with Crippen LogP contribution in [-0.2, 0) is 16.2 Å². The molecule has 0 aliphatic rings. The molecule has 0 bridgehead atoms. The van der Waals surface area contributed by atoms with Crippen molar-refractivity contribution in [1.29, 1.82) is 0 Å². The maximum atomic E-state index is 6.70. The third-order valence-electron chi connectivity index (χ3n) is 14.4. The maximum absolute atomic E-state index is 6.70. The van der Waals surface area contributed by atoms with Crippen LogP contribution in [0.4, 0.5) is 17.1 Å². The first-order valence-corrected chi connectivity index (χ1v) is 22.8. The molecule has 0 atom stereocenters. The fraction of sp³-hybridized carbons (Fsp3) is 0.200. The summed E-state index contributed by atoms with van der Waals surface area (Å²) in [5, 5.41) is 12.7. The number of furan rings is 1. The molecule has 0 spiro atoms. The Balaban J connectivity index is 1.15. The number of anilines is 3. The normalized spacial score (nSPS) is 13.4.